The number of nitrogens with zero attached hydrogens (tertiary/aromatic N) is 1. The van der Waals surface area contributed by atoms with E-state index in [1.165, 1.54) is 5.56 Å². The van der Waals surface area contributed by atoms with Gasteiger partial charge >= 0.3 is 0 Å². The molecule has 1 unspecified atom stereocenters. The van der Waals surface area contributed by atoms with E-state index in [-0.39, 0.29) is 0 Å². The summed E-state index contributed by atoms with van der Waals surface area (Å²) in [5, 5.41) is 7.73. The lowest BCUT2D eigenvalue weighted by molar-refractivity contribution is 0.570. The molecule has 0 saturated heterocycles. The molecule has 0 bridgehead atoms. The predicted octanol–water partition coefficient (Wildman–Crippen LogP) is 2.63. The Morgan fingerprint density at radius 1 is 1.60 bits per heavy atom. The van der Waals surface area contributed by atoms with Crippen LogP contribution < -0.4 is 5.32 Å². The van der Waals surface area contributed by atoms with Gasteiger partial charge in [0, 0.05) is 24.5 Å². The van der Waals surface area contributed by atoms with Gasteiger partial charge in [-0.25, -0.2) is 4.98 Å². The Balaban J connectivity index is 1.88. The van der Waals surface area contributed by atoms with Crippen molar-refractivity contribution in [2.75, 3.05) is 0 Å². The Morgan fingerprint density at radius 2 is 2.47 bits per heavy atom. The monoisotopic (exact) mass is 221 g/mol. The van der Waals surface area contributed by atoms with Gasteiger partial charge in [-0.1, -0.05) is 0 Å². The summed E-state index contributed by atoms with van der Waals surface area (Å²) in [6, 6.07) is 2.54. The fourth-order valence-electron chi connectivity index (χ4n) is 1.46. The highest BCUT2D eigenvalue weighted by Crippen LogP contribution is 2.15. The highest BCUT2D eigenvalue weighted by molar-refractivity contribution is 7.07. The van der Waals surface area contributed by atoms with Crippen molar-refractivity contribution in [3.05, 3.63) is 40.1 Å². The number of thiophene rings is 1. The molecule has 15 heavy (non-hydrogen) atoms. The zero-order chi connectivity index (χ0) is 10.7. The van der Waals surface area contributed by atoms with Crippen LogP contribution in [0.5, 0.6) is 0 Å². The summed E-state index contributed by atoms with van der Waals surface area (Å²) in [5.41, 5.74) is 2.48. The lowest BCUT2D eigenvalue weighted by Gasteiger charge is -2.10. The quantitative estimate of drug-likeness (QED) is 0.833. The third-order valence-corrected chi connectivity index (χ3v) is 3.10. The van der Waals surface area contributed by atoms with Gasteiger partial charge in [0.15, 0.2) is 0 Å². The Morgan fingerprint density at radius 3 is 3.07 bits per heavy atom. The lowest BCUT2D eigenvalue weighted by Crippen LogP contribution is -2.17. The second kappa shape index (κ2) is 4.59. The molecule has 2 rings (SSSR count). The van der Waals surface area contributed by atoms with Gasteiger partial charge < -0.3 is 10.3 Å². The topological polar surface area (TPSA) is 40.7 Å². The van der Waals surface area contributed by atoms with E-state index in [0.29, 0.717) is 6.04 Å². The Kier molecular flexibility index (Phi) is 3.18. The molecule has 3 nitrogen and oxygen atoms in total. The molecule has 1 atom stereocenters. The first kappa shape index (κ1) is 10.4. The number of nitrogens with one attached hydrogen (secondary N) is 2. The number of hydrogen-bond acceptors (Lipinski definition) is 3. The second-order valence-corrected chi connectivity index (χ2v) is 4.43. The summed E-state index contributed by atoms with van der Waals surface area (Å²) in [6.45, 7) is 4.97. The van der Waals surface area contributed by atoms with Crippen LogP contribution in [0.25, 0.3) is 0 Å². The van der Waals surface area contributed by atoms with Crippen molar-refractivity contribution in [2.24, 2.45) is 0 Å². The molecule has 0 aliphatic carbocycles. The fraction of sp³-hybridized carbons (Fsp3) is 0.364. The molecule has 2 N–H and O–H groups in total. The summed E-state index contributed by atoms with van der Waals surface area (Å²) < 4.78 is 0. The van der Waals surface area contributed by atoms with Crippen LogP contribution in [0.3, 0.4) is 0 Å². The van der Waals surface area contributed by atoms with Crippen molar-refractivity contribution in [3.63, 3.8) is 0 Å². The maximum atomic E-state index is 4.16. The van der Waals surface area contributed by atoms with Crippen LogP contribution in [0.1, 0.15) is 30.0 Å². The normalized spacial score (nSPS) is 12.9. The van der Waals surface area contributed by atoms with Crippen LogP contribution in [0, 0.1) is 6.92 Å². The maximum Gasteiger partial charge on any atom is 0.103 e. The van der Waals surface area contributed by atoms with Crippen molar-refractivity contribution >= 4 is 11.3 Å². The minimum Gasteiger partial charge on any atom is -0.345 e. The van der Waals surface area contributed by atoms with Crippen LogP contribution >= 0.6 is 11.3 Å². The van der Waals surface area contributed by atoms with Gasteiger partial charge in [0.25, 0.3) is 0 Å². The molecular weight excluding hydrogens is 206 g/mol. The van der Waals surface area contributed by atoms with E-state index >= 15 is 0 Å². The van der Waals surface area contributed by atoms with Crippen LogP contribution in [0.4, 0.5) is 0 Å². The van der Waals surface area contributed by atoms with Gasteiger partial charge in [0.1, 0.15) is 5.82 Å². The Labute approximate surface area is 93.6 Å². The first-order chi connectivity index (χ1) is 7.25. The van der Waals surface area contributed by atoms with E-state index < -0.39 is 0 Å². The summed E-state index contributed by atoms with van der Waals surface area (Å²) in [6.07, 6.45) is 1.88. The van der Waals surface area contributed by atoms with Gasteiger partial charge in [-0.2, -0.15) is 11.3 Å². The van der Waals surface area contributed by atoms with Gasteiger partial charge in [-0.15, -0.1) is 0 Å². The average molecular weight is 221 g/mol. The maximum absolute atomic E-state index is 4.16. The summed E-state index contributed by atoms with van der Waals surface area (Å²) >= 11 is 1.73. The van der Waals surface area contributed by atoms with Crippen LogP contribution in [0.15, 0.2) is 23.0 Å². The molecule has 2 heterocycles. The molecule has 2 aromatic heterocycles. The number of H-pyrrole nitrogens is 1. The van der Waals surface area contributed by atoms with Gasteiger partial charge in [-0.05, 0) is 36.2 Å². The van der Waals surface area contributed by atoms with E-state index in [2.05, 4.69) is 39.0 Å². The smallest absolute Gasteiger partial charge is 0.103 e. The molecule has 0 amide bonds. The zero-order valence-corrected chi connectivity index (χ0v) is 9.77. The number of rotatable bonds is 4. The predicted molar refractivity (Wildman–Crippen MR) is 62.9 cm³/mol. The number of aryl methyl sites for hydroxylation is 1. The van der Waals surface area contributed by atoms with Gasteiger partial charge in [0.05, 0.1) is 0 Å². The van der Waals surface area contributed by atoms with E-state index in [9.17, 15) is 0 Å². The van der Waals surface area contributed by atoms with Crippen molar-refractivity contribution in [1.82, 2.24) is 15.3 Å². The Bertz CT molecular complexity index is 405. The minimum atomic E-state index is 0.389. The number of aromatic nitrogens is 2. The Hall–Kier alpha value is -1.13. The molecule has 0 spiro atoms. The molecule has 0 aliphatic rings. The van der Waals surface area contributed by atoms with Crippen molar-refractivity contribution in [2.45, 2.75) is 26.4 Å². The largest absolute Gasteiger partial charge is 0.345 e. The standard InChI is InChI=1S/C11H15N3S/c1-8(10-3-4-15-7-10)12-5-11-6-13-9(2)14-11/h3-4,6-8,12H,5H2,1-2H3,(H,13,14). The van der Waals surface area contributed by atoms with Crippen molar-refractivity contribution in [3.8, 4) is 0 Å². The molecular formula is C11H15N3S. The average Bonchev–Trinajstić information content (AvgIpc) is 2.84. The highest BCUT2D eigenvalue weighted by atomic mass is 32.1. The third-order valence-electron chi connectivity index (χ3n) is 2.40. The fourth-order valence-corrected chi connectivity index (χ4v) is 2.22. The van der Waals surface area contributed by atoms with Crippen molar-refractivity contribution in [1.29, 1.82) is 0 Å². The van der Waals surface area contributed by atoms with Gasteiger partial charge in [-0.3, -0.25) is 0 Å². The second-order valence-electron chi connectivity index (χ2n) is 3.65. The minimum absolute atomic E-state index is 0.389. The SMILES string of the molecule is Cc1ncc(CNC(C)c2ccsc2)[nH]1. The molecule has 0 aliphatic heterocycles. The molecule has 0 radical (unpaired) electrons. The van der Waals surface area contributed by atoms with E-state index in [1.807, 2.05) is 13.1 Å². The highest BCUT2D eigenvalue weighted by Gasteiger charge is 2.05. The lowest BCUT2D eigenvalue weighted by atomic mass is 10.2. The first-order valence-corrected chi connectivity index (χ1v) is 5.96. The molecule has 0 aromatic carbocycles. The summed E-state index contributed by atoms with van der Waals surface area (Å²) in [7, 11) is 0. The summed E-state index contributed by atoms with van der Waals surface area (Å²) in [4.78, 5) is 7.37. The van der Waals surface area contributed by atoms with Gasteiger partial charge in [0.2, 0.25) is 0 Å². The zero-order valence-electron chi connectivity index (χ0n) is 8.95. The van der Waals surface area contributed by atoms with Crippen molar-refractivity contribution < 1.29 is 0 Å². The first-order valence-electron chi connectivity index (χ1n) is 5.01. The number of hydrogen-bond donors (Lipinski definition) is 2. The van der Waals surface area contributed by atoms with E-state index in [1.54, 1.807) is 11.3 Å². The van der Waals surface area contributed by atoms with E-state index in [0.717, 1.165) is 18.1 Å². The summed E-state index contributed by atoms with van der Waals surface area (Å²) in [5.74, 6) is 0.968. The number of aromatic amines is 1. The van der Waals surface area contributed by atoms with Crippen LogP contribution in [0.2, 0.25) is 0 Å². The number of imidazole rings is 1. The van der Waals surface area contributed by atoms with E-state index in [4.69, 9.17) is 0 Å². The molecule has 0 fully saturated rings. The molecule has 2 aromatic rings. The molecule has 4 heteroatoms. The van der Waals surface area contributed by atoms with Crippen LogP contribution in [-0.2, 0) is 6.54 Å². The molecule has 80 valence electrons. The van der Waals surface area contributed by atoms with Crippen LogP contribution in [-0.4, -0.2) is 9.97 Å². The molecule has 0 saturated carbocycles. The third kappa shape index (κ3) is 2.67.